The van der Waals surface area contributed by atoms with Gasteiger partial charge in [-0.2, -0.15) is 0 Å². The Kier molecular flexibility index (Phi) is 5.38. The number of amides is 2. The molecule has 1 aromatic carbocycles. The van der Waals surface area contributed by atoms with Crippen LogP contribution in [0.15, 0.2) is 18.2 Å². The van der Waals surface area contributed by atoms with Crippen molar-refractivity contribution in [1.82, 2.24) is 10.6 Å². The molecule has 2 atom stereocenters. The maximum absolute atomic E-state index is 11.7. The molecule has 0 radical (unpaired) electrons. The first-order chi connectivity index (χ1) is 11.6. The van der Waals surface area contributed by atoms with E-state index < -0.39 is 0 Å². The number of hydrogen-bond acceptors (Lipinski definition) is 3. The molecule has 5 heteroatoms. The predicted octanol–water partition coefficient (Wildman–Crippen LogP) is 1.83. The fourth-order valence-electron chi connectivity index (χ4n) is 3.20. The van der Waals surface area contributed by atoms with Gasteiger partial charge >= 0.3 is 0 Å². The number of carbonyl (C=O) groups excluding carboxylic acids is 2. The summed E-state index contributed by atoms with van der Waals surface area (Å²) in [5.74, 6) is 1.55. The Morgan fingerprint density at radius 1 is 1.17 bits per heavy atom. The van der Waals surface area contributed by atoms with E-state index in [9.17, 15) is 9.59 Å². The molecule has 0 heterocycles. The standard InChI is InChI=1S/C19H26N2O3/c1-13-11-17(13)19(23)21-8-7-18(22)20-9-10-24-16-6-5-14-3-2-4-15(14)12-16/h5-6,12-13,17H,2-4,7-11H2,1H3,(H,20,22)(H,21,23)/t13-,17+/m1/s1. The lowest BCUT2D eigenvalue weighted by atomic mass is 10.1. The van der Waals surface area contributed by atoms with Crippen LogP contribution in [0.25, 0.3) is 0 Å². The molecule has 5 nitrogen and oxygen atoms in total. The molecule has 2 aliphatic carbocycles. The zero-order valence-corrected chi connectivity index (χ0v) is 14.3. The number of hydrogen-bond donors (Lipinski definition) is 2. The Morgan fingerprint density at radius 2 is 1.96 bits per heavy atom. The van der Waals surface area contributed by atoms with Gasteiger partial charge in [0.25, 0.3) is 0 Å². The van der Waals surface area contributed by atoms with Crippen molar-refractivity contribution in [3.8, 4) is 5.75 Å². The Morgan fingerprint density at radius 3 is 2.75 bits per heavy atom. The second-order valence-electron chi connectivity index (χ2n) is 6.84. The molecular formula is C19H26N2O3. The van der Waals surface area contributed by atoms with E-state index in [1.807, 2.05) is 6.07 Å². The fraction of sp³-hybridized carbons (Fsp3) is 0.579. The normalized spacial score (nSPS) is 21.0. The third-order valence-corrected chi connectivity index (χ3v) is 4.86. The average Bonchev–Trinajstić information content (AvgIpc) is 3.12. The van der Waals surface area contributed by atoms with Crippen molar-refractivity contribution in [2.75, 3.05) is 19.7 Å². The van der Waals surface area contributed by atoms with Crippen LogP contribution in [0.5, 0.6) is 5.75 Å². The summed E-state index contributed by atoms with van der Waals surface area (Å²) in [6.07, 6.45) is 4.81. The fourth-order valence-corrected chi connectivity index (χ4v) is 3.20. The summed E-state index contributed by atoms with van der Waals surface area (Å²) in [7, 11) is 0. The molecule has 3 rings (SSSR count). The number of fused-ring (bicyclic) bond motifs is 1. The Bertz CT molecular complexity index is 615. The Balaban J connectivity index is 1.26. The van der Waals surface area contributed by atoms with Gasteiger partial charge in [0.2, 0.25) is 11.8 Å². The van der Waals surface area contributed by atoms with Crippen LogP contribution < -0.4 is 15.4 Å². The maximum atomic E-state index is 11.7. The lowest BCUT2D eigenvalue weighted by molar-refractivity contribution is -0.123. The van der Waals surface area contributed by atoms with Gasteiger partial charge < -0.3 is 15.4 Å². The zero-order chi connectivity index (χ0) is 16.9. The summed E-state index contributed by atoms with van der Waals surface area (Å²) in [6.45, 7) is 3.40. The highest BCUT2D eigenvalue weighted by Gasteiger charge is 2.38. The van der Waals surface area contributed by atoms with E-state index in [4.69, 9.17) is 4.74 Å². The molecule has 1 aromatic rings. The van der Waals surface area contributed by atoms with E-state index in [1.165, 1.54) is 24.0 Å². The minimum Gasteiger partial charge on any atom is -0.492 e. The monoisotopic (exact) mass is 330 g/mol. The highest BCUT2D eigenvalue weighted by molar-refractivity contribution is 5.82. The van der Waals surface area contributed by atoms with Crippen molar-refractivity contribution in [3.63, 3.8) is 0 Å². The summed E-state index contributed by atoms with van der Waals surface area (Å²) >= 11 is 0. The van der Waals surface area contributed by atoms with Gasteiger partial charge in [-0.1, -0.05) is 13.0 Å². The molecule has 0 unspecified atom stereocenters. The van der Waals surface area contributed by atoms with Crippen LogP contribution in [0.4, 0.5) is 0 Å². The lowest BCUT2D eigenvalue weighted by Crippen LogP contribution is -2.33. The Hall–Kier alpha value is -2.04. The van der Waals surface area contributed by atoms with Crippen molar-refractivity contribution >= 4 is 11.8 Å². The molecule has 2 amide bonds. The van der Waals surface area contributed by atoms with Crippen molar-refractivity contribution in [1.29, 1.82) is 0 Å². The van der Waals surface area contributed by atoms with Gasteiger partial charge in [-0.25, -0.2) is 0 Å². The third kappa shape index (κ3) is 4.49. The average molecular weight is 330 g/mol. The summed E-state index contributed by atoms with van der Waals surface area (Å²) in [5, 5.41) is 5.63. The lowest BCUT2D eigenvalue weighted by Gasteiger charge is -2.09. The largest absolute Gasteiger partial charge is 0.492 e. The first kappa shape index (κ1) is 16.8. The van der Waals surface area contributed by atoms with Gasteiger partial charge in [-0.3, -0.25) is 9.59 Å². The quantitative estimate of drug-likeness (QED) is 0.715. The highest BCUT2D eigenvalue weighted by atomic mass is 16.5. The van der Waals surface area contributed by atoms with Crippen molar-refractivity contribution in [3.05, 3.63) is 29.3 Å². The third-order valence-electron chi connectivity index (χ3n) is 4.86. The maximum Gasteiger partial charge on any atom is 0.223 e. The molecule has 0 aliphatic heterocycles. The minimum absolute atomic E-state index is 0.0586. The molecule has 0 saturated heterocycles. The van der Waals surface area contributed by atoms with Gasteiger partial charge in [0.1, 0.15) is 12.4 Å². The highest BCUT2D eigenvalue weighted by Crippen LogP contribution is 2.37. The molecular weight excluding hydrogens is 304 g/mol. The molecule has 24 heavy (non-hydrogen) atoms. The number of ether oxygens (including phenoxy) is 1. The summed E-state index contributed by atoms with van der Waals surface area (Å²) in [6, 6.07) is 6.25. The van der Waals surface area contributed by atoms with E-state index in [1.54, 1.807) is 0 Å². The van der Waals surface area contributed by atoms with Gasteiger partial charge in [-0.15, -0.1) is 0 Å². The van der Waals surface area contributed by atoms with Gasteiger partial charge in [0.05, 0.1) is 6.54 Å². The predicted molar refractivity (Wildman–Crippen MR) is 91.9 cm³/mol. The van der Waals surface area contributed by atoms with Crippen LogP contribution in [0.1, 0.15) is 37.3 Å². The van der Waals surface area contributed by atoms with Gasteiger partial charge in [0.15, 0.2) is 0 Å². The number of carbonyl (C=O) groups is 2. The molecule has 0 bridgehead atoms. The van der Waals surface area contributed by atoms with Crippen LogP contribution in [0.2, 0.25) is 0 Å². The first-order valence-electron chi connectivity index (χ1n) is 8.92. The zero-order valence-electron chi connectivity index (χ0n) is 14.3. The molecule has 2 N–H and O–H groups in total. The number of nitrogens with one attached hydrogen (secondary N) is 2. The van der Waals surface area contributed by atoms with Crippen LogP contribution >= 0.6 is 0 Å². The molecule has 2 aliphatic rings. The number of benzene rings is 1. The second kappa shape index (κ2) is 7.69. The smallest absolute Gasteiger partial charge is 0.223 e. The molecule has 1 fully saturated rings. The van der Waals surface area contributed by atoms with Gasteiger partial charge in [0, 0.05) is 18.9 Å². The SMILES string of the molecule is C[C@@H]1C[C@@H]1C(=O)NCCC(=O)NCCOc1ccc2c(c1)CCC2. The molecule has 130 valence electrons. The second-order valence-corrected chi connectivity index (χ2v) is 6.84. The summed E-state index contributed by atoms with van der Waals surface area (Å²) in [5.41, 5.74) is 2.82. The van der Waals surface area contributed by atoms with E-state index in [-0.39, 0.29) is 17.7 Å². The number of rotatable bonds is 8. The molecule has 0 spiro atoms. The summed E-state index contributed by atoms with van der Waals surface area (Å²) in [4.78, 5) is 23.4. The van der Waals surface area contributed by atoms with Gasteiger partial charge in [-0.05, 0) is 54.9 Å². The van der Waals surface area contributed by atoms with Crippen LogP contribution in [0.3, 0.4) is 0 Å². The van der Waals surface area contributed by atoms with E-state index >= 15 is 0 Å². The van der Waals surface area contributed by atoms with Crippen LogP contribution in [-0.4, -0.2) is 31.5 Å². The van der Waals surface area contributed by atoms with E-state index in [0.29, 0.717) is 32.0 Å². The van der Waals surface area contributed by atoms with Crippen LogP contribution in [0, 0.1) is 11.8 Å². The van der Waals surface area contributed by atoms with Crippen LogP contribution in [-0.2, 0) is 22.4 Å². The van der Waals surface area contributed by atoms with E-state index in [2.05, 4.69) is 29.7 Å². The van der Waals surface area contributed by atoms with Crippen molar-refractivity contribution < 1.29 is 14.3 Å². The molecule has 0 aromatic heterocycles. The molecule has 1 saturated carbocycles. The minimum atomic E-state index is -0.0586. The van der Waals surface area contributed by atoms with Crippen molar-refractivity contribution in [2.45, 2.75) is 39.0 Å². The summed E-state index contributed by atoms with van der Waals surface area (Å²) < 4.78 is 5.69. The number of aryl methyl sites for hydroxylation is 2. The topological polar surface area (TPSA) is 67.4 Å². The first-order valence-corrected chi connectivity index (χ1v) is 8.92. The van der Waals surface area contributed by atoms with Crippen molar-refractivity contribution in [2.24, 2.45) is 11.8 Å². The Labute approximate surface area is 143 Å². The van der Waals surface area contributed by atoms with E-state index in [0.717, 1.165) is 18.6 Å².